The standard InChI is InChI=1S/C10H10BrN3O3/c1-5-9(16)13-8(15)4-14(5)10(17)7-2-6(11)3-12-7/h2-3,5,12H,4H2,1H3,(H,13,15,16). The fourth-order valence-electron chi connectivity index (χ4n) is 1.61. The largest absolute Gasteiger partial charge is 0.356 e. The fourth-order valence-corrected chi connectivity index (χ4v) is 1.95. The Bertz CT molecular complexity index is 497. The first-order valence-electron chi connectivity index (χ1n) is 4.97. The summed E-state index contributed by atoms with van der Waals surface area (Å²) in [6.45, 7) is 1.47. The number of nitrogens with one attached hydrogen (secondary N) is 2. The number of nitrogens with zero attached hydrogens (tertiary/aromatic N) is 1. The van der Waals surface area contributed by atoms with E-state index in [1.54, 1.807) is 19.2 Å². The van der Waals surface area contributed by atoms with Gasteiger partial charge in [0, 0.05) is 10.7 Å². The Labute approximate surface area is 105 Å². The van der Waals surface area contributed by atoms with Gasteiger partial charge in [0.2, 0.25) is 11.8 Å². The summed E-state index contributed by atoms with van der Waals surface area (Å²) in [4.78, 5) is 38.7. The van der Waals surface area contributed by atoms with Crippen LogP contribution >= 0.6 is 15.9 Å². The van der Waals surface area contributed by atoms with Crippen LogP contribution in [0.15, 0.2) is 16.7 Å². The first-order valence-corrected chi connectivity index (χ1v) is 5.77. The molecule has 2 N–H and O–H groups in total. The van der Waals surface area contributed by atoms with Crippen LogP contribution in [0.3, 0.4) is 0 Å². The molecule has 17 heavy (non-hydrogen) atoms. The van der Waals surface area contributed by atoms with Gasteiger partial charge in [-0.05, 0) is 28.9 Å². The Morgan fingerprint density at radius 1 is 1.53 bits per heavy atom. The summed E-state index contributed by atoms with van der Waals surface area (Å²) in [7, 11) is 0. The zero-order valence-electron chi connectivity index (χ0n) is 8.99. The van der Waals surface area contributed by atoms with Gasteiger partial charge in [-0.2, -0.15) is 0 Å². The first kappa shape index (κ1) is 11.8. The monoisotopic (exact) mass is 299 g/mol. The highest BCUT2D eigenvalue weighted by Crippen LogP contribution is 2.15. The van der Waals surface area contributed by atoms with Gasteiger partial charge >= 0.3 is 0 Å². The first-order chi connectivity index (χ1) is 7.99. The minimum atomic E-state index is -0.651. The van der Waals surface area contributed by atoms with Crippen molar-refractivity contribution in [3.05, 3.63) is 22.4 Å². The third kappa shape index (κ3) is 2.23. The lowest BCUT2D eigenvalue weighted by molar-refractivity contribution is -0.138. The number of halogens is 1. The Morgan fingerprint density at radius 3 is 2.82 bits per heavy atom. The molecule has 2 rings (SSSR count). The van der Waals surface area contributed by atoms with E-state index in [4.69, 9.17) is 0 Å². The van der Waals surface area contributed by atoms with Gasteiger partial charge in [-0.3, -0.25) is 19.7 Å². The summed E-state index contributed by atoms with van der Waals surface area (Å²) in [5, 5.41) is 2.18. The molecule has 0 radical (unpaired) electrons. The van der Waals surface area contributed by atoms with E-state index in [9.17, 15) is 14.4 Å². The summed E-state index contributed by atoms with van der Waals surface area (Å²) in [6, 6.07) is 0.953. The van der Waals surface area contributed by atoms with Crippen LogP contribution in [0, 0.1) is 0 Å². The number of rotatable bonds is 1. The van der Waals surface area contributed by atoms with E-state index in [0.717, 1.165) is 4.47 Å². The minimum Gasteiger partial charge on any atom is -0.356 e. The molecule has 0 bridgehead atoms. The second-order valence-electron chi connectivity index (χ2n) is 3.75. The predicted molar refractivity (Wildman–Crippen MR) is 62.1 cm³/mol. The molecule has 7 heteroatoms. The van der Waals surface area contributed by atoms with Crippen molar-refractivity contribution >= 4 is 33.7 Å². The van der Waals surface area contributed by atoms with Crippen LogP contribution < -0.4 is 5.32 Å². The molecule has 6 nitrogen and oxygen atoms in total. The molecule has 1 aromatic rings. The summed E-state index contributed by atoms with van der Waals surface area (Å²) in [5.74, 6) is -1.29. The molecule has 0 saturated carbocycles. The molecule has 1 fully saturated rings. The zero-order valence-corrected chi connectivity index (χ0v) is 10.6. The number of carbonyl (C=O) groups is 3. The Morgan fingerprint density at radius 2 is 2.24 bits per heavy atom. The predicted octanol–water partition coefficient (Wildman–Crippen LogP) is 0.264. The van der Waals surface area contributed by atoms with Gasteiger partial charge < -0.3 is 9.88 Å². The average molecular weight is 300 g/mol. The van der Waals surface area contributed by atoms with E-state index in [-0.39, 0.29) is 12.5 Å². The van der Waals surface area contributed by atoms with E-state index in [2.05, 4.69) is 26.2 Å². The number of piperazine rings is 1. The number of H-pyrrole nitrogens is 1. The summed E-state index contributed by atoms with van der Waals surface area (Å²) in [6.07, 6.45) is 1.61. The lowest BCUT2D eigenvalue weighted by Crippen LogP contribution is -2.58. The van der Waals surface area contributed by atoms with Gasteiger partial charge in [0.15, 0.2) is 0 Å². The molecule has 1 unspecified atom stereocenters. The number of hydrogen-bond acceptors (Lipinski definition) is 3. The highest BCUT2D eigenvalue weighted by atomic mass is 79.9. The van der Waals surface area contributed by atoms with Gasteiger partial charge in [-0.1, -0.05) is 0 Å². The third-order valence-electron chi connectivity index (χ3n) is 2.56. The summed E-state index contributed by atoms with van der Waals surface area (Å²) < 4.78 is 0.737. The van der Waals surface area contributed by atoms with E-state index >= 15 is 0 Å². The second-order valence-corrected chi connectivity index (χ2v) is 4.67. The fraction of sp³-hybridized carbons (Fsp3) is 0.300. The van der Waals surface area contributed by atoms with Crippen LogP contribution in [0.2, 0.25) is 0 Å². The number of carbonyl (C=O) groups excluding carboxylic acids is 3. The van der Waals surface area contributed by atoms with Crippen LogP contribution in [0.1, 0.15) is 17.4 Å². The molecule has 1 aliphatic rings. The molecule has 90 valence electrons. The van der Waals surface area contributed by atoms with Crippen LogP contribution in [0.4, 0.5) is 0 Å². The van der Waals surface area contributed by atoms with Crippen molar-refractivity contribution in [3.8, 4) is 0 Å². The van der Waals surface area contributed by atoms with Crippen molar-refractivity contribution in [2.75, 3.05) is 6.54 Å². The van der Waals surface area contributed by atoms with Gasteiger partial charge in [0.05, 0.1) is 0 Å². The van der Waals surface area contributed by atoms with Crippen LogP contribution in [-0.4, -0.2) is 40.2 Å². The third-order valence-corrected chi connectivity index (χ3v) is 3.02. The smallest absolute Gasteiger partial charge is 0.271 e. The van der Waals surface area contributed by atoms with Crippen molar-refractivity contribution in [1.82, 2.24) is 15.2 Å². The molecule has 1 aliphatic heterocycles. The van der Waals surface area contributed by atoms with Gasteiger partial charge in [-0.25, -0.2) is 0 Å². The Balaban J connectivity index is 2.24. The van der Waals surface area contributed by atoms with Crippen molar-refractivity contribution in [2.45, 2.75) is 13.0 Å². The van der Waals surface area contributed by atoms with Crippen LogP contribution in [-0.2, 0) is 9.59 Å². The average Bonchev–Trinajstić information content (AvgIpc) is 2.69. The maximum Gasteiger partial charge on any atom is 0.271 e. The molecule has 2 heterocycles. The second kappa shape index (κ2) is 4.33. The number of imide groups is 1. The SMILES string of the molecule is CC1C(=O)NC(=O)CN1C(=O)c1cc(Br)c[nH]1. The maximum atomic E-state index is 12.1. The van der Waals surface area contributed by atoms with Crippen LogP contribution in [0.25, 0.3) is 0 Å². The molecule has 3 amide bonds. The molecule has 1 saturated heterocycles. The molecular weight excluding hydrogens is 290 g/mol. The molecule has 0 spiro atoms. The van der Waals surface area contributed by atoms with Gasteiger partial charge in [0.1, 0.15) is 18.3 Å². The van der Waals surface area contributed by atoms with E-state index in [1.807, 2.05) is 0 Å². The number of aromatic nitrogens is 1. The Hall–Kier alpha value is -1.63. The highest BCUT2D eigenvalue weighted by molar-refractivity contribution is 9.10. The lowest BCUT2D eigenvalue weighted by atomic mass is 10.2. The number of hydrogen-bond donors (Lipinski definition) is 2. The normalized spacial score (nSPS) is 20.4. The van der Waals surface area contributed by atoms with Crippen molar-refractivity contribution < 1.29 is 14.4 Å². The quantitative estimate of drug-likeness (QED) is 0.730. The maximum absolute atomic E-state index is 12.1. The van der Waals surface area contributed by atoms with Crippen molar-refractivity contribution in [2.24, 2.45) is 0 Å². The highest BCUT2D eigenvalue weighted by Gasteiger charge is 2.34. The molecule has 0 aliphatic carbocycles. The van der Waals surface area contributed by atoms with E-state index in [0.29, 0.717) is 5.69 Å². The van der Waals surface area contributed by atoms with E-state index < -0.39 is 17.9 Å². The number of aromatic amines is 1. The van der Waals surface area contributed by atoms with Crippen molar-refractivity contribution in [3.63, 3.8) is 0 Å². The van der Waals surface area contributed by atoms with Crippen molar-refractivity contribution in [1.29, 1.82) is 0 Å². The van der Waals surface area contributed by atoms with Gasteiger partial charge in [0.25, 0.3) is 5.91 Å². The van der Waals surface area contributed by atoms with E-state index in [1.165, 1.54) is 4.90 Å². The number of amides is 3. The summed E-state index contributed by atoms with van der Waals surface area (Å²) in [5.41, 5.74) is 0.339. The zero-order chi connectivity index (χ0) is 12.6. The Kier molecular flexibility index (Phi) is 3.01. The molecule has 1 atom stereocenters. The van der Waals surface area contributed by atoms with Gasteiger partial charge in [-0.15, -0.1) is 0 Å². The minimum absolute atomic E-state index is 0.109. The summed E-state index contributed by atoms with van der Waals surface area (Å²) >= 11 is 3.22. The molecule has 0 aromatic carbocycles. The topological polar surface area (TPSA) is 82.3 Å². The molecular formula is C10H10BrN3O3. The molecule has 1 aromatic heterocycles. The van der Waals surface area contributed by atoms with Crippen LogP contribution in [0.5, 0.6) is 0 Å². The lowest BCUT2D eigenvalue weighted by Gasteiger charge is -2.31.